The Bertz CT molecular complexity index is 180. The van der Waals surface area contributed by atoms with Gasteiger partial charge in [-0.3, -0.25) is 4.79 Å². The fraction of sp³-hybridized carbons (Fsp3) is 0.667. The second kappa shape index (κ2) is 5.84. The van der Waals surface area contributed by atoms with E-state index in [2.05, 4.69) is 4.40 Å². The summed E-state index contributed by atoms with van der Waals surface area (Å²) in [5, 5.41) is 8.40. The van der Waals surface area contributed by atoms with Crippen molar-refractivity contribution in [2.45, 2.75) is 19.4 Å². The third kappa shape index (κ3) is 5.99. The van der Waals surface area contributed by atoms with Crippen molar-refractivity contribution in [1.29, 1.82) is 0 Å². The fourth-order valence-corrected chi connectivity index (χ4v) is 1.10. The van der Waals surface area contributed by atoms with Crippen LogP contribution >= 0.6 is 11.9 Å². The first-order valence-electron chi connectivity index (χ1n) is 3.44. The highest BCUT2D eigenvalue weighted by Crippen LogP contribution is 2.05. The number of carbonyl (C=O) groups is 1. The molecule has 0 aromatic heterocycles. The molecule has 12 heavy (non-hydrogen) atoms. The molecule has 0 aliphatic rings. The van der Waals surface area contributed by atoms with Gasteiger partial charge in [0.2, 0.25) is 0 Å². The van der Waals surface area contributed by atoms with E-state index >= 15 is 0 Å². The van der Waals surface area contributed by atoms with Crippen molar-refractivity contribution in [2.75, 3.05) is 5.75 Å². The van der Waals surface area contributed by atoms with Crippen LogP contribution in [0.1, 0.15) is 13.3 Å². The van der Waals surface area contributed by atoms with E-state index in [9.17, 15) is 4.79 Å². The van der Waals surface area contributed by atoms with Crippen LogP contribution in [0.4, 0.5) is 0 Å². The van der Waals surface area contributed by atoms with Crippen molar-refractivity contribution in [3.8, 4) is 0 Å². The summed E-state index contributed by atoms with van der Waals surface area (Å²) in [5.41, 5.74) is 10.5. The normalized spacial score (nSPS) is 14.3. The lowest BCUT2D eigenvalue weighted by molar-refractivity contribution is -0.138. The van der Waals surface area contributed by atoms with Gasteiger partial charge in [-0.2, -0.15) is 0 Å². The summed E-state index contributed by atoms with van der Waals surface area (Å²) >= 11 is 1.23. The molecule has 70 valence electrons. The van der Waals surface area contributed by atoms with Crippen LogP contribution in [0.3, 0.4) is 0 Å². The van der Waals surface area contributed by atoms with Crippen LogP contribution < -0.4 is 11.5 Å². The van der Waals surface area contributed by atoms with Crippen LogP contribution in [0.15, 0.2) is 4.40 Å². The minimum Gasteiger partial charge on any atom is -0.480 e. The number of nitrogens with two attached hydrogens (primary N) is 2. The monoisotopic (exact) mass is 191 g/mol. The molecule has 0 saturated heterocycles. The van der Waals surface area contributed by atoms with Crippen molar-refractivity contribution < 1.29 is 9.90 Å². The Morgan fingerprint density at radius 3 is 2.75 bits per heavy atom. The molecule has 1 atom stereocenters. The second-order valence-corrected chi connectivity index (χ2v) is 3.15. The number of nitrogens with zero attached hydrogens (tertiary/aromatic N) is 1. The Labute approximate surface area is 75.4 Å². The third-order valence-electron chi connectivity index (χ3n) is 1.05. The van der Waals surface area contributed by atoms with E-state index in [4.69, 9.17) is 16.6 Å². The maximum absolute atomic E-state index is 10.2. The van der Waals surface area contributed by atoms with E-state index < -0.39 is 12.0 Å². The van der Waals surface area contributed by atoms with Gasteiger partial charge in [0.25, 0.3) is 0 Å². The average Bonchev–Trinajstić information content (AvgIpc) is 1.97. The molecule has 5 N–H and O–H groups in total. The number of carboxylic acids is 1. The average molecular weight is 191 g/mol. The van der Waals surface area contributed by atoms with Crippen LogP contribution in [0.5, 0.6) is 0 Å². The quantitative estimate of drug-likeness (QED) is 0.242. The number of hydrogen-bond donors (Lipinski definition) is 3. The second-order valence-electron chi connectivity index (χ2n) is 2.30. The van der Waals surface area contributed by atoms with Crippen molar-refractivity contribution in [1.82, 2.24) is 0 Å². The molecule has 0 spiro atoms. The molecule has 0 rings (SSSR count). The van der Waals surface area contributed by atoms with E-state index in [0.717, 1.165) is 0 Å². The molecular weight excluding hydrogens is 178 g/mol. The van der Waals surface area contributed by atoms with E-state index in [1.54, 1.807) is 6.92 Å². The molecule has 0 amide bonds. The Morgan fingerprint density at radius 1 is 1.75 bits per heavy atom. The number of amidine groups is 1. The highest BCUT2D eigenvalue weighted by molar-refractivity contribution is 7.98. The topological polar surface area (TPSA) is 102 Å². The van der Waals surface area contributed by atoms with Gasteiger partial charge in [-0.1, -0.05) is 0 Å². The van der Waals surface area contributed by atoms with Gasteiger partial charge in [-0.05, 0) is 25.3 Å². The number of rotatable bonds is 5. The first-order chi connectivity index (χ1) is 5.54. The van der Waals surface area contributed by atoms with Gasteiger partial charge in [0, 0.05) is 5.75 Å². The summed E-state index contributed by atoms with van der Waals surface area (Å²) in [5.74, 6) is 0.0649. The highest BCUT2D eigenvalue weighted by Gasteiger charge is 2.09. The lowest BCUT2D eigenvalue weighted by Gasteiger charge is -2.02. The highest BCUT2D eigenvalue weighted by atomic mass is 32.2. The Hall–Kier alpha value is -0.750. The lowest BCUT2D eigenvalue weighted by atomic mass is 10.2. The number of aliphatic carboxylic acids is 1. The molecule has 0 saturated carbocycles. The van der Waals surface area contributed by atoms with Gasteiger partial charge in [0.1, 0.15) is 11.9 Å². The first kappa shape index (κ1) is 11.2. The van der Waals surface area contributed by atoms with E-state index in [1.807, 2.05) is 0 Å². The third-order valence-corrected chi connectivity index (χ3v) is 1.88. The fourth-order valence-electron chi connectivity index (χ4n) is 0.451. The van der Waals surface area contributed by atoms with Gasteiger partial charge in [0.05, 0.1) is 0 Å². The molecule has 0 aromatic rings. The van der Waals surface area contributed by atoms with Crippen molar-refractivity contribution in [2.24, 2.45) is 15.9 Å². The molecule has 0 aliphatic carbocycles. The summed E-state index contributed by atoms with van der Waals surface area (Å²) in [4.78, 5) is 10.2. The summed E-state index contributed by atoms with van der Waals surface area (Å²) in [6.45, 7) is 1.67. The summed E-state index contributed by atoms with van der Waals surface area (Å²) in [7, 11) is 0. The van der Waals surface area contributed by atoms with Crippen LogP contribution in [0.25, 0.3) is 0 Å². The molecule has 0 aromatic carbocycles. The van der Waals surface area contributed by atoms with Gasteiger partial charge in [-0.25, -0.2) is 4.40 Å². The molecule has 0 bridgehead atoms. The number of hydrogen-bond acceptors (Lipinski definition) is 4. The summed E-state index contributed by atoms with van der Waals surface area (Å²) in [6.07, 6.45) is 0.400. The van der Waals surface area contributed by atoms with E-state index in [0.29, 0.717) is 18.0 Å². The molecule has 0 fully saturated rings. The van der Waals surface area contributed by atoms with Crippen LogP contribution in [0, 0.1) is 0 Å². The van der Waals surface area contributed by atoms with Crippen molar-refractivity contribution >= 4 is 23.8 Å². The van der Waals surface area contributed by atoms with Crippen molar-refractivity contribution in [3.05, 3.63) is 0 Å². The first-order valence-corrected chi connectivity index (χ1v) is 4.38. The maximum atomic E-state index is 10.2. The van der Waals surface area contributed by atoms with Gasteiger partial charge in [0.15, 0.2) is 0 Å². The summed E-state index contributed by atoms with van der Waals surface area (Å²) < 4.78 is 3.82. The van der Waals surface area contributed by atoms with Crippen LogP contribution in [0.2, 0.25) is 0 Å². The molecule has 0 aliphatic heterocycles. The van der Waals surface area contributed by atoms with Gasteiger partial charge in [-0.15, -0.1) is 0 Å². The zero-order chi connectivity index (χ0) is 9.56. The SMILES string of the molecule is C/C(N)=N\SCC[C@H](N)C(=O)O. The van der Waals surface area contributed by atoms with Crippen LogP contribution in [-0.4, -0.2) is 28.7 Å². The molecule has 6 heteroatoms. The zero-order valence-electron chi connectivity index (χ0n) is 6.86. The Kier molecular flexibility index (Phi) is 5.48. The van der Waals surface area contributed by atoms with E-state index in [1.165, 1.54) is 11.9 Å². The predicted octanol–water partition coefficient (Wildman–Crippen LogP) is -0.186. The standard InChI is InChI=1S/C6H13N3O2S/c1-4(7)9-12-3-2-5(8)6(10)11/h5H,2-3,8H2,1H3,(H2,7,9)(H,10,11)/t5-/m0/s1. The molecule has 0 heterocycles. The van der Waals surface area contributed by atoms with Crippen LogP contribution in [-0.2, 0) is 4.79 Å². The van der Waals surface area contributed by atoms with Gasteiger partial charge < -0.3 is 16.6 Å². The lowest BCUT2D eigenvalue weighted by Crippen LogP contribution is -2.30. The Balaban J connectivity index is 3.44. The zero-order valence-corrected chi connectivity index (χ0v) is 7.67. The minimum absolute atomic E-state index is 0.400. The van der Waals surface area contributed by atoms with Gasteiger partial charge >= 0.3 is 5.97 Å². The smallest absolute Gasteiger partial charge is 0.320 e. The van der Waals surface area contributed by atoms with Crippen molar-refractivity contribution in [3.63, 3.8) is 0 Å². The predicted molar refractivity (Wildman–Crippen MR) is 50.0 cm³/mol. The molecule has 5 nitrogen and oxygen atoms in total. The maximum Gasteiger partial charge on any atom is 0.320 e. The number of carboxylic acid groups (broad SMARTS) is 1. The Morgan fingerprint density at radius 2 is 2.33 bits per heavy atom. The van der Waals surface area contributed by atoms with E-state index in [-0.39, 0.29) is 0 Å². The molecule has 0 unspecified atom stereocenters. The molecule has 0 radical (unpaired) electrons. The largest absolute Gasteiger partial charge is 0.480 e. The molecular formula is C6H13N3O2S. The summed E-state index contributed by atoms with van der Waals surface area (Å²) in [6, 6.07) is -0.800. The minimum atomic E-state index is -0.982.